The Morgan fingerprint density at radius 1 is 0.828 bits per heavy atom. The predicted octanol–water partition coefficient (Wildman–Crippen LogP) is 4.28. The minimum atomic E-state index is -0.191. The van der Waals surface area contributed by atoms with Crippen LogP contribution in [-0.2, 0) is 11.3 Å². The van der Waals surface area contributed by atoms with E-state index in [1.165, 1.54) is 0 Å². The number of para-hydroxylation sites is 1. The van der Waals surface area contributed by atoms with E-state index < -0.39 is 0 Å². The van der Waals surface area contributed by atoms with Crippen LogP contribution in [0.5, 0.6) is 0 Å². The fourth-order valence-corrected chi connectivity index (χ4v) is 2.92. The monoisotopic (exact) mass is 387 g/mol. The maximum Gasteiger partial charge on any atom is 0.255 e. The second-order valence-electron chi connectivity index (χ2n) is 6.91. The Balaban J connectivity index is 1.57. The average molecular weight is 387 g/mol. The minimum absolute atomic E-state index is 0.105. The van der Waals surface area contributed by atoms with Gasteiger partial charge in [0, 0.05) is 23.5 Å². The molecule has 0 aliphatic heterocycles. The molecular weight excluding hydrogens is 362 g/mol. The Morgan fingerprint density at radius 2 is 1.55 bits per heavy atom. The van der Waals surface area contributed by atoms with Gasteiger partial charge in [-0.25, -0.2) is 0 Å². The van der Waals surface area contributed by atoms with Crippen molar-refractivity contribution in [1.29, 1.82) is 0 Å². The second kappa shape index (κ2) is 9.55. The first-order valence-corrected chi connectivity index (χ1v) is 9.55. The van der Waals surface area contributed by atoms with E-state index in [9.17, 15) is 9.59 Å². The summed E-state index contributed by atoms with van der Waals surface area (Å²) >= 11 is 0. The molecule has 0 fully saturated rings. The van der Waals surface area contributed by atoms with Crippen LogP contribution in [0.15, 0.2) is 72.8 Å². The zero-order valence-corrected chi connectivity index (χ0v) is 16.7. The molecule has 0 heterocycles. The molecule has 3 rings (SSSR count). The molecule has 0 unspecified atom stereocenters. The van der Waals surface area contributed by atoms with Gasteiger partial charge in [0.25, 0.3) is 5.91 Å². The van der Waals surface area contributed by atoms with Crippen LogP contribution >= 0.6 is 0 Å². The topological polar surface area (TPSA) is 70.2 Å². The van der Waals surface area contributed by atoms with Crippen LogP contribution < -0.4 is 16.0 Å². The van der Waals surface area contributed by atoms with Crippen molar-refractivity contribution in [2.24, 2.45) is 0 Å². The largest absolute Gasteiger partial charge is 0.376 e. The van der Waals surface area contributed by atoms with Gasteiger partial charge in [-0.1, -0.05) is 48.5 Å². The summed E-state index contributed by atoms with van der Waals surface area (Å²) in [6, 6.07) is 22.7. The third-order valence-electron chi connectivity index (χ3n) is 4.71. The smallest absolute Gasteiger partial charge is 0.255 e. The van der Waals surface area contributed by atoms with Crippen LogP contribution in [0.2, 0.25) is 0 Å². The van der Waals surface area contributed by atoms with Crippen LogP contribution in [-0.4, -0.2) is 18.4 Å². The molecule has 0 aliphatic rings. The lowest BCUT2D eigenvalue weighted by Crippen LogP contribution is -2.29. The van der Waals surface area contributed by atoms with Crippen molar-refractivity contribution in [2.75, 3.05) is 17.2 Å². The van der Waals surface area contributed by atoms with Gasteiger partial charge in [-0.2, -0.15) is 0 Å². The van der Waals surface area contributed by atoms with E-state index in [0.717, 1.165) is 28.1 Å². The summed E-state index contributed by atoms with van der Waals surface area (Å²) in [5, 5.41) is 8.92. The van der Waals surface area contributed by atoms with E-state index >= 15 is 0 Å². The molecule has 0 bridgehead atoms. The van der Waals surface area contributed by atoms with E-state index in [4.69, 9.17) is 0 Å². The SMILES string of the molecule is Cc1ccccc1CNC(=O)CNc1cc(C(=O)Nc2ccccc2)ccc1C. The molecule has 3 N–H and O–H groups in total. The van der Waals surface area contributed by atoms with E-state index in [1.54, 1.807) is 12.1 Å². The van der Waals surface area contributed by atoms with Gasteiger partial charge in [-0.05, 0) is 54.8 Å². The van der Waals surface area contributed by atoms with E-state index in [2.05, 4.69) is 16.0 Å². The van der Waals surface area contributed by atoms with E-state index in [-0.39, 0.29) is 18.4 Å². The van der Waals surface area contributed by atoms with Gasteiger partial charge >= 0.3 is 0 Å². The van der Waals surface area contributed by atoms with E-state index in [1.807, 2.05) is 74.5 Å². The summed E-state index contributed by atoms with van der Waals surface area (Å²) in [5.41, 5.74) is 5.24. The van der Waals surface area contributed by atoms with Crippen molar-refractivity contribution in [1.82, 2.24) is 5.32 Å². The van der Waals surface area contributed by atoms with Crippen LogP contribution in [0.1, 0.15) is 27.0 Å². The Hall–Kier alpha value is -3.60. The number of amides is 2. The number of benzene rings is 3. The molecule has 0 saturated heterocycles. The van der Waals surface area contributed by atoms with E-state index in [0.29, 0.717) is 12.1 Å². The van der Waals surface area contributed by atoms with Crippen molar-refractivity contribution in [3.05, 3.63) is 95.1 Å². The quantitative estimate of drug-likeness (QED) is 0.567. The molecule has 5 nitrogen and oxygen atoms in total. The van der Waals surface area contributed by atoms with Crippen LogP contribution in [0.4, 0.5) is 11.4 Å². The first kappa shape index (κ1) is 20.1. The Bertz CT molecular complexity index is 1000. The third kappa shape index (κ3) is 5.69. The molecule has 0 atom stereocenters. The van der Waals surface area contributed by atoms with Gasteiger partial charge < -0.3 is 16.0 Å². The molecule has 3 aromatic carbocycles. The minimum Gasteiger partial charge on any atom is -0.376 e. The van der Waals surface area contributed by atoms with Crippen LogP contribution in [0, 0.1) is 13.8 Å². The van der Waals surface area contributed by atoms with Gasteiger partial charge in [-0.3, -0.25) is 9.59 Å². The Labute approximate surface area is 171 Å². The summed E-state index contributed by atoms with van der Waals surface area (Å²) in [4.78, 5) is 24.7. The molecule has 2 amide bonds. The lowest BCUT2D eigenvalue weighted by Gasteiger charge is -2.13. The molecule has 0 spiro atoms. The zero-order chi connectivity index (χ0) is 20.6. The number of aryl methyl sites for hydroxylation is 2. The predicted molar refractivity (Wildman–Crippen MR) is 117 cm³/mol. The van der Waals surface area contributed by atoms with Gasteiger partial charge in [0.15, 0.2) is 0 Å². The lowest BCUT2D eigenvalue weighted by atomic mass is 10.1. The van der Waals surface area contributed by atoms with Crippen molar-refractivity contribution in [3.63, 3.8) is 0 Å². The number of rotatable bonds is 7. The summed E-state index contributed by atoms with van der Waals surface area (Å²) in [5.74, 6) is -0.296. The molecule has 3 aromatic rings. The van der Waals surface area contributed by atoms with Crippen molar-refractivity contribution in [2.45, 2.75) is 20.4 Å². The summed E-state index contributed by atoms with van der Waals surface area (Å²) in [6.45, 7) is 4.59. The van der Waals surface area contributed by atoms with Crippen molar-refractivity contribution < 1.29 is 9.59 Å². The van der Waals surface area contributed by atoms with Crippen LogP contribution in [0.25, 0.3) is 0 Å². The first-order valence-electron chi connectivity index (χ1n) is 9.55. The number of carbonyl (C=O) groups is 2. The molecule has 0 aromatic heterocycles. The Kier molecular flexibility index (Phi) is 6.63. The fourth-order valence-electron chi connectivity index (χ4n) is 2.92. The number of carbonyl (C=O) groups excluding carboxylic acids is 2. The first-order chi connectivity index (χ1) is 14.0. The number of hydrogen-bond donors (Lipinski definition) is 3. The molecule has 0 aliphatic carbocycles. The van der Waals surface area contributed by atoms with Gasteiger partial charge in [-0.15, -0.1) is 0 Å². The van der Waals surface area contributed by atoms with Gasteiger partial charge in [0.05, 0.1) is 6.54 Å². The molecular formula is C24H25N3O2. The molecule has 148 valence electrons. The molecule has 0 radical (unpaired) electrons. The summed E-state index contributed by atoms with van der Waals surface area (Å²) in [6.07, 6.45) is 0. The highest BCUT2D eigenvalue weighted by atomic mass is 16.2. The highest BCUT2D eigenvalue weighted by Crippen LogP contribution is 2.18. The van der Waals surface area contributed by atoms with Gasteiger partial charge in [0.1, 0.15) is 0 Å². The normalized spacial score (nSPS) is 10.3. The maximum atomic E-state index is 12.5. The van der Waals surface area contributed by atoms with Crippen molar-refractivity contribution in [3.8, 4) is 0 Å². The standard InChI is InChI=1S/C24H25N3O2/c1-17-8-6-7-9-20(17)15-26-23(28)16-25-22-14-19(13-12-18(22)2)24(29)27-21-10-4-3-5-11-21/h3-14,25H,15-16H2,1-2H3,(H,26,28)(H,27,29). The van der Waals surface area contributed by atoms with Crippen LogP contribution in [0.3, 0.4) is 0 Å². The summed E-state index contributed by atoms with van der Waals surface area (Å²) in [7, 11) is 0. The average Bonchev–Trinajstić information content (AvgIpc) is 2.73. The number of hydrogen-bond acceptors (Lipinski definition) is 3. The second-order valence-corrected chi connectivity index (χ2v) is 6.91. The Morgan fingerprint density at radius 3 is 2.31 bits per heavy atom. The maximum absolute atomic E-state index is 12.5. The van der Waals surface area contributed by atoms with Crippen molar-refractivity contribution >= 4 is 23.2 Å². The number of anilines is 2. The molecule has 29 heavy (non-hydrogen) atoms. The molecule has 0 saturated carbocycles. The van der Waals surface area contributed by atoms with Gasteiger partial charge in [0.2, 0.25) is 5.91 Å². The highest BCUT2D eigenvalue weighted by molar-refractivity contribution is 6.05. The summed E-state index contributed by atoms with van der Waals surface area (Å²) < 4.78 is 0. The molecule has 5 heteroatoms. The third-order valence-corrected chi connectivity index (χ3v) is 4.71. The number of nitrogens with one attached hydrogen (secondary N) is 3. The lowest BCUT2D eigenvalue weighted by molar-refractivity contribution is -0.119. The fraction of sp³-hybridized carbons (Fsp3) is 0.167. The zero-order valence-electron chi connectivity index (χ0n) is 16.7. The highest BCUT2D eigenvalue weighted by Gasteiger charge is 2.10.